The lowest BCUT2D eigenvalue weighted by Crippen LogP contribution is -2.48. The van der Waals surface area contributed by atoms with Crippen LogP contribution in [0.3, 0.4) is 0 Å². The minimum Gasteiger partial charge on any atom is -0.377 e. The van der Waals surface area contributed by atoms with Crippen molar-refractivity contribution < 1.29 is 4.74 Å². The number of nitrogens with two attached hydrogens (primary N) is 1. The Morgan fingerprint density at radius 2 is 2.41 bits per heavy atom. The average Bonchev–Trinajstić information content (AvgIpc) is 2.39. The van der Waals surface area contributed by atoms with Gasteiger partial charge < -0.3 is 15.4 Å². The van der Waals surface area contributed by atoms with Gasteiger partial charge in [0.05, 0.1) is 5.60 Å². The quantitative estimate of drug-likeness (QED) is 0.863. The molecule has 1 aliphatic heterocycles. The molecule has 0 radical (unpaired) electrons. The summed E-state index contributed by atoms with van der Waals surface area (Å²) in [7, 11) is 1.78. The summed E-state index contributed by atoms with van der Waals surface area (Å²) in [6.45, 7) is 4.60. The van der Waals surface area contributed by atoms with Gasteiger partial charge in [0.25, 0.3) is 0 Å². The SMILES string of the molecule is COC1(C)CCCN(c2ncccc2CN)C1. The molecule has 1 aromatic heterocycles. The van der Waals surface area contributed by atoms with Crippen molar-refractivity contribution in [3.8, 4) is 0 Å². The molecule has 4 heteroatoms. The van der Waals surface area contributed by atoms with Crippen molar-refractivity contribution in [2.75, 3.05) is 25.1 Å². The van der Waals surface area contributed by atoms with E-state index in [1.54, 1.807) is 7.11 Å². The van der Waals surface area contributed by atoms with Gasteiger partial charge in [-0.1, -0.05) is 6.07 Å². The van der Waals surface area contributed by atoms with Gasteiger partial charge >= 0.3 is 0 Å². The average molecular weight is 235 g/mol. The second kappa shape index (κ2) is 5.02. The van der Waals surface area contributed by atoms with Crippen LogP contribution in [-0.2, 0) is 11.3 Å². The largest absolute Gasteiger partial charge is 0.377 e. The summed E-state index contributed by atoms with van der Waals surface area (Å²) in [4.78, 5) is 6.75. The van der Waals surface area contributed by atoms with Crippen molar-refractivity contribution in [3.63, 3.8) is 0 Å². The Bertz CT molecular complexity index is 383. The highest BCUT2D eigenvalue weighted by Gasteiger charge is 2.31. The van der Waals surface area contributed by atoms with Crippen molar-refractivity contribution in [1.82, 2.24) is 4.98 Å². The zero-order chi connectivity index (χ0) is 12.3. The van der Waals surface area contributed by atoms with Gasteiger partial charge in [0.1, 0.15) is 5.82 Å². The Morgan fingerprint density at radius 3 is 3.12 bits per heavy atom. The molecule has 0 amide bonds. The number of nitrogens with zero attached hydrogens (tertiary/aromatic N) is 2. The second-order valence-corrected chi connectivity index (χ2v) is 4.87. The Kier molecular flexibility index (Phi) is 3.64. The van der Waals surface area contributed by atoms with Gasteiger partial charge in [0.15, 0.2) is 0 Å². The highest BCUT2D eigenvalue weighted by molar-refractivity contribution is 5.47. The lowest BCUT2D eigenvalue weighted by molar-refractivity contribution is -0.00484. The Morgan fingerprint density at radius 1 is 1.59 bits per heavy atom. The number of aromatic nitrogens is 1. The molecule has 1 atom stereocenters. The second-order valence-electron chi connectivity index (χ2n) is 4.87. The lowest BCUT2D eigenvalue weighted by Gasteiger charge is -2.40. The summed E-state index contributed by atoms with van der Waals surface area (Å²) in [6.07, 6.45) is 4.06. The lowest BCUT2D eigenvalue weighted by atomic mass is 9.94. The van der Waals surface area contributed by atoms with Crippen LogP contribution < -0.4 is 10.6 Å². The molecule has 0 spiro atoms. The minimum absolute atomic E-state index is 0.0678. The van der Waals surface area contributed by atoms with Crippen LogP contribution in [0.4, 0.5) is 5.82 Å². The molecule has 1 fully saturated rings. The third-order valence-corrected chi connectivity index (χ3v) is 3.54. The van der Waals surface area contributed by atoms with Crippen LogP contribution in [-0.4, -0.2) is 30.8 Å². The van der Waals surface area contributed by atoms with Crippen molar-refractivity contribution in [1.29, 1.82) is 0 Å². The Hall–Kier alpha value is -1.13. The molecule has 2 heterocycles. The number of ether oxygens (including phenoxy) is 1. The number of hydrogen-bond acceptors (Lipinski definition) is 4. The standard InChI is InChI=1S/C13H21N3O/c1-13(17-2)6-4-8-16(10-13)12-11(9-14)5-3-7-15-12/h3,5,7H,4,6,8-10,14H2,1-2H3. The van der Waals surface area contributed by atoms with E-state index in [0.29, 0.717) is 6.54 Å². The molecule has 1 aliphatic rings. The Labute approximate surface area is 103 Å². The number of piperidine rings is 1. The van der Waals surface area contributed by atoms with Crippen LogP contribution >= 0.6 is 0 Å². The Balaban J connectivity index is 2.22. The van der Waals surface area contributed by atoms with Crippen LogP contribution in [0, 0.1) is 0 Å². The third-order valence-electron chi connectivity index (χ3n) is 3.54. The van der Waals surface area contributed by atoms with Crippen LogP contribution in [0.1, 0.15) is 25.3 Å². The monoisotopic (exact) mass is 235 g/mol. The highest BCUT2D eigenvalue weighted by atomic mass is 16.5. The molecule has 1 aromatic rings. The van der Waals surface area contributed by atoms with E-state index in [1.165, 1.54) is 0 Å². The molecule has 4 nitrogen and oxygen atoms in total. The van der Waals surface area contributed by atoms with Gasteiger partial charge in [-0.2, -0.15) is 0 Å². The fourth-order valence-electron chi connectivity index (χ4n) is 2.43. The van der Waals surface area contributed by atoms with Crippen LogP contribution in [0.25, 0.3) is 0 Å². The molecule has 17 heavy (non-hydrogen) atoms. The van der Waals surface area contributed by atoms with Crippen LogP contribution in [0.2, 0.25) is 0 Å². The van der Waals surface area contributed by atoms with E-state index in [4.69, 9.17) is 10.5 Å². The summed E-state index contributed by atoms with van der Waals surface area (Å²) >= 11 is 0. The summed E-state index contributed by atoms with van der Waals surface area (Å²) < 4.78 is 5.60. The van der Waals surface area contributed by atoms with E-state index in [0.717, 1.165) is 37.3 Å². The van der Waals surface area contributed by atoms with E-state index in [2.05, 4.69) is 16.8 Å². The molecule has 0 saturated carbocycles. The predicted molar refractivity (Wildman–Crippen MR) is 69.0 cm³/mol. The van der Waals surface area contributed by atoms with Crippen LogP contribution in [0.15, 0.2) is 18.3 Å². The maximum Gasteiger partial charge on any atom is 0.133 e. The van der Waals surface area contributed by atoms with Crippen LogP contribution in [0.5, 0.6) is 0 Å². The summed E-state index contributed by atoms with van der Waals surface area (Å²) in [5.74, 6) is 1.01. The van der Waals surface area contributed by atoms with Gasteiger partial charge in [0, 0.05) is 38.5 Å². The van der Waals surface area contributed by atoms with E-state index in [9.17, 15) is 0 Å². The topological polar surface area (TPSA) is 51.4 Å². The molecule has 1 unspecified atom stereocenters. The predicted octanol–water partition coefficient (Wildman–Crippen LogP) is 1.55. The number of pyridine rings is 1. The van der Waals surface area contributed by atoms with E-state index in [1.807, 2.05) is 18.3 Å². The van der Waals surface area contributed by atoms with Gasteiger partial charge in [-0.3, -0.25) is 0 Å². The molecule has 0 aromatic carbocycles. The number of rotatable bonds is 3. The summed E-state index contributed by atoms with van der Waals surface area (Å²) in [6, 6.07) is 3.98. The van der Waals surface area contributed by atoms with Gasteiger partial charge in [0.2, 0.25) is 0 Å². The normalized spacial score (nSPS) is 25.0. The van der Waals surface area contributed by atoms with E-state index >= 15 is 0 Å². The first-order chi connectivity index (χ1) is 8.18. The van der Waals surface area contributed by atoms with E-state index < -0.39 is 0 Å². The van der Waals surface area contributed by atoms with Crippen molar-refractivity contribution in [2.24, 2.45) is 5.73 Å². The zero-order valence-corrected chi connectivity index (χ0v) is 10.6. The molecular weight excluding hydrogens is 214 g/mol. The molecule has 1 saturated heterocycles. The summed E-state index contributed by atoms with van der Waals surface area (Å²) in [5.41, 5.74) is 6.80. The van der Waals surface area contributed by atoms with Crippen molar-refractivity contribution in [3.05, 3.63) is 23.9 Å². The molecule has 0 bridgehead atoms. The molecule has 94 valence electrons. The first kappa shape index (κ1) is 12.3. The van der Waals surface area contributed by atoms with Gasteiger partial charge in [-0.25, -0.2) is 4.98 Å². The van der Waals surface area contributed by atoms with E-state index in [-0.39, 0.29) is 5.60 Å². The molecule has 0 aliphatic carbocycles. The number of anilines is 1. The minimum atomic E-state index is -0.0678. The third kappa shape index (κ3) is 2.58. The number of hydrogen-bond donors (Lipinski definition) is 1. The zero-order valence-electron chi connectivity index (χ0n) is 10.6. The first-order valence-electron chi connectivity index (χ1n) is 6.12. The fraction of sp³-hybridized carbons (Fsp3) is 0.615. The first-order valence-corrected chi connectivity index (χ1v) is 6.12. The fourth-order valence-corrected chi connectivity index (χ4v) is 2.43. The van der Waals surface area contributed by atoms with Gasteiger partial charge in [-0.15, -0.1) is 0 Å². The number of methoxy groups -OCH3 is 1. The maximum atomic E-state index is 5.76. The summed E-state index contributed by atoms with van der Waals surface area (Å²) in [5, 5.41) is 0. The molecular formula is C13H21N3O. The van der Waals surface area contributed by atoms with Crippen molar-refractivity contribution in [2.45, 2.75) is 31.9 Å². The smallest absolute Gasteiger partial charge is 0.133 e. The highest BCUT2D eigenvalue weighted by Crippen LogP contribution is 2.28. The van der Waals surface area contributed by atoms with Crippen molar-refractivity contribution >= 4 is 5.82 Å². The molecule has 2 N–H and O–H groups in total. The van der Waals surface area contributed by atoms with Gasteiger partial charge in [-0.05, 0) is 25.8 Å². The maximum absolute atomic E-state index is 5.76. The molecule has 2 rings (SSSR count).